The van der Waals surface area contributed by atoms with Gasteiger partial charge >= 0.3 is 0 Å². The molecule has 0 saturated carbocycles. The van der Waals surface area contributed by atoms with Crippen molar-refractivity contribution in [2.75, 3.05) is 20.6 Å². The predicted molar refractivity (Wildman–Crippen MR) is 95.0 cm³/mol. The molecule has 0 aliphatic heterocycles. The van der Waals surface area contributed by atoms with Gasteiger partial charge in [-0.25, -0.2) is 0 Å². The molecule has 0 bridgehead atoms. The van der Waals surface area contributed by atoms with E-state index in [1.165, 1.54) is 0 Å². The Bertz CT molecular complexity index is 632. The number of carbonyl (C=O) groups excluding carboxylic acids is 1. The van der Waals surface area contributed by atoms with Crippen molar-refractivity contribution >= 4 is 5.78 Å². The first-order valence-corrected chi connectivity index (χ1v) is 7.88. The van der Waals surface area contributed by atoms with Gasteiger partial charge in [-0.15, -0.1) is 0 Å². The zero-order valence-electron chi connectivity index (χ0n) is 14.0. The highest BCUT2D eigenvalue weighted by Crippen LogP contribution is 2.08. The largest absolute Gasteiger partial charge is 0.307 e. The Hall–Kier alpha value is -2.15. The van der Waals surface area contributed by atoms with Gasteiger partial charge in [0.2, 0.25) is 0 Å². The van der Waals surface area contributed by atoms with Crippen LogP contribution in [0.1, 0.15) is 18.1 Å². The van der Waals surface area contributed by atoms with Crippen molar-refractivity contribution in [3.63, 3.8) is 0 Å². The maximum atomic E-state index is 11.6. The van der Waals surface area contributed by atoms with E-state index >= 15 is 0 Å². The van der Waals surface area contributed by atoms with Crippen LogP contribution in [0.3, 0.4) is 0 Å². The normalized spacial score (nSPS) is 14.8. The third-order valence-corrected chi connectivity index (χ3v) is 3.68. The van der Waals surface area contributed by atoms with Crippen LogP contribution in [0.4, 0.5) is 0 Å². The predicted octanol–water partition coefficient (Wildman–Crippen LogP) is 2.39. The van der Waals surface area contributed by atoms with E-state index in [9.17, 15) is 4.79 Å². The third-order valence-electron chi connectivity index (χ3n) is 3.68. The molecule has 0 fully saturated rings. The van der Waals surface area contributed by atoms with Gasteiger partial charge in [0.25, 0.3) is 0 Å². The molecule has 1 aromatic rings. The lowest BCUT2D eigenvalue weighted by Crippen LogP contribution is -2.42. The average molecular weight is 308 g/mol. The van der Waals surface area contributed by atoms with Gasteiger partial charge in [0.1, 0.15) is 5.78 Å². The summed E-state index contributed by atoms with van der Waals surface area (Å²) in [6.45, 7) is 3.02. The van der Waals surface area contributed by atoms with Crippen molar-refractivity contribution in [3.05, 3.63) is 59.7 Å². The molecule has 1 N–H and O–H groups in total. The van der Waals surface area contributed by atoms with Crippen LogP contribution < -0.4 is 5.32 Å². The molecule has 1 atom stereocenters. The SMILES string of the molecule is CC(=O)C(CN(C)C)NCc1ccc(C#CC2C=CC=C2)cc1. The zero-order chi connectivity index (χ0) is 16.7. The van der Waals surface area contributed by atoms with E-state index in [1.54, 1.807) is 6.92 Å². The molecule has 120 valence electrons. The third kappa shape index (κ3) is 5.86. The standard InChI is InChI=1S/C20H24N2O/c1-16(23)20(15-22(2)3)21-14-19-12-10-18(11-13-19)9-8-17-6-4-5-7-17/h4-7,10-13,17,20-21H,14-15H2,1-3H3. The van der Waals surface area contributed by atoms with Gasteiger partial charge in [0.15, 0.2) is 0 Å². The highest BCUT2D eigenvalue weighted by atomic mass is 16.1. The lowest BCUT2D eigenvalue weighted by atomic mass is 10.1. The van der Waals surface area contributed by atoms with E-state index in [4.69, 9.17) is 0 Å². The summed E-state index contributed by atoms with van der Waals surface area (Å²) in [6.07, 6.45) is 8.20. The Morgan fingerprint density at radius 2 is 1.87 bits per heavy atom. The molecule has 0 heterocycles. The minimum Gasteiger partial charge on any atom is -0.307 e. The van der Waals surface area contributed by atoms with Gasteiger partial charge in [0.05, 0.1) is 12.0 Å². The summed E-state index contributed by atoms with van der Waals surface area (Å²) in [4.78, 5) is 13.7. The van der Waals surface area contributed by atoms with Crippen LogP contribution in [0.15, 0.2) is 48.6 Å². The number of nitrogens with one attached hydrogen (secondary N) is 1. The van der Waals surface area contributed by atoms with Crippen molar-refractivity contribution < 1.29 is 4.79 Å². The van der Waals surface area contributed by atoms with E-state index in [-0.39, 0.29) is 17.7 Å². The van der Waals surface area contributed by atoms with Gasteiger partial charge in [-0.2, -0.15) is 0 Å². The number of allylic oxidation sites excluding steroid dienone is 4. The number of likely N-dealkylation sites (N-methyl/N-ethyl adjacent to an activating group) is 1. The van der Waals surface area contributed by atoms with Gasteiger partial charge < -0.3 is 10.2 Å². The number of Topliss-reactive ketones (excluding diaryl/α,β-unsaturated/α-hetero) is 1. The van der Waals surface area contributed by atoms with E-state index in [0.29, 0.717) is 13.1 Å². The molecule has 0 radical (unpaired) electrons. The first-order chi connectivity index (χ1) is 11.0. The second-order valence-corrected chi connectivity index (χ2v) is 6.07. The number of benzene rings is 1. The maximum absolute atomic E-state index is 11.6. The number of hydrogen-bond donors (Lipinski definition) is 1. The zero-order valence-corrected chi connectivity index (χ0v) is 14.0. The topological polar surface area (TPSA) is 32.3 Å². The van der Waals surface area contributed by atoms with E-state index in [0.717, 1.165) is 11.1 Å². The Labute approximate surface area is 139 Å². The molecule has 0 spiro atoms. The van der Waals surface area contributed by atoms with Crippen molar-refractivity contribution in [2.24, 2.45) is 5.92 Å². The second kappa shape index (κ2) is 8.47. The first kappa shape index (κ1) is 17.2. The van der Waals surface area contributed by atoms with Crippen LogP contribution in [0.25, 0.3) is 0 Å². The molecule has 1 unspecified atom stereocenters. The summed E-state index contributed by atoms with van der Waals surface area (Å²) in [6, 6.07) is 8.04. The smallest absolute Gasteiger partial charge is 0.147 e. The quantitative estimate of drug-likeness (QED) is 0.819. The van der Waals surface area contributed by atoms with Crippen LogP contribution >= 0.6 is 0 Å². The molecular formula is C20H24N2O. The van der Waals surface area contributed by atoms with Crippen molar-refractivity contribution in [1.29, 1.82) is 0 Å². The molecule has 1 aliphatic carbocycles. The molecule has 3 nitrogen and oxygen atoms in total. The number of rotatable bonds is 6. The fourth-order valence-corrected chi connectivity index (χ4v) is 2.34. The summed E-state index contributed by atoms with van der Waals surface area (Å²) in [5.74, 6) is 6.80. The van der Waals surface area contributed by atoms with Crippen LogP contribution in [0.2, 0.25) is 0 Å². The van der Waals surface area contributed by atoms with Gasteiger partial charge in [-0.05, 0) is 38.7 Å². The highest BCUT2D eigenvalue weighted by Gasteiger charge is 2.14. The van der Waals surface area contributed by atoms with E-state index in [2.05, 4.69) is 41.4 Å². The maximum Gasteiger partial charge on any atom is 0.147 e. The van der Waals surface area contributed by atoms with Gasteiger partial charge in [0, 0.05) is 18.7 Å². The van der Waals surface area contributed by atoms with Gasteiger partial charge in [-0.1, -0.05) is 48.3 Å². The number of hydrogen-bond acceptors (Lipinski definition) is 3. The molecule has 1 aromatic carbocycles. The fraction of sp³-hybridized carbons (Fsp3) is 0.350. The molecule has 23 heavy (non-hydrogen) atoms. The molecular weight excluding hydrogens is 284 g/mol. The highest BCUT2D eigenvalue weighted by molar-refractivity contribution is 5.81. The summed E-state index contributed by atoms with van der Waals surface area (Å²) in [5.41, 5.74) is 2.17. The Kier molecular flexibility index (Phi) is 6.34. The number of nitrogens with zero attached hydrogens (tertiary/aromatic N) is 1. The average Bonchev–Trinajstić information content (AvgIpc) is 3.03. The summed E-state index contributed by atoms with van der Waals surface area (Å²) < 4.78 is 0. The molecule has 0 aromatic heterocycles. The number of carbonyl (C=O) groups is 1. The van der Waals surface area contributed by atoms with Crippen molar-refractivity contribution in [3.8, 4) is 11.8 Å². The summed E-state index contributed by atoms with van der Waals surface area (Å²) in [7, 11) is 3.94. The molecule has 3 heteroatoms. The number of ketones is 1. The molecule has 1 aliphatic rings. The van der Waals surface area contributed by atoms with Crippen LogP contribution in [-0.2, 0) is 11.3 Å². The monoisotopic (exact) mass is 308 g/mol. The fourth-order valence-electron chi connectivity index (χ4n) is 2.34. The van der Waals surface area contributed by atoms with Crippen LogP contribution in [-0.4, -0.2) is 37.4 Å². The minimum atomic E-state index is -0.134. The lowest BCUT2D eigenvalue weighted by molar-refractivity contribution is -0.119. The van der Waals surface area contributed by atoms with E-state index in [1.807, 2.05) is 43.3 Å². The lowest BCUT2D eigenvalue weighted by Gasteiger charge is -2.20. The van der Waals surface area contributed by atoms with Crippen molar-refractivity contribution in [1.82, 2.24) is 10.2 Å². The Morgan fingerprint density at radius 3 is 2.43 bits per heavy atom. The molecule has 2 rings (SSSR count). The van der Waals surface area contributed by atoms with Crippen LogP contribution in [0, 0.1) is 17.8 Å². The first-order valence-electron chi connectivity index (χ1n) is 7.88. The van der Waals surface area contributed by atoms with E-state index < -0.39 is 0 Å². The minimum absolute atomic E-state index is 0.134. The summed E-state index contributed by atoms with van der Waals surface area (Å²) in [5, 5.41) is 3.32. The molecule has 0 saturated heterocycles. The second-order valence-electron chi connectivity index (χ2n) is 6.07. The van der Waals surface area contributed by atoms with Crippen LogP contribution in [0.5, 0.6) is 0 Å². The Morgan fingerprint density at radius 1 is 1.22 bits per heavy atom. The van der Waals surface area contributed by atoms with Crippen molar-refractivity contribution in [2.45, 2.75) is 19.5 Å². The Balaban J connectivity index is 1.90. The van der Waals surface area contributed by atoms with Gasteiger partial charge in [-0.3, -0.25) is 4.79 Å². The molecule has 0 amide bonds. The summed E-state index contributed by atoms with van der Waals surface area (Å²) >= 11 is 0.